The van der Waals surface area contributed by atoms with Gasteiger partial charge in [-0.15, -0.1) is 0 Å². The van der Waals surface area contributed by atoms with Crippen LogP contribution < -0.4 is 5.73 Å². The third-order valence-electron chi connectivity index (χ3n) is 3.64. The number of likely N-dealkylation sites (tertiary alicyclic amines) is 1. The average molecular weight is 251 g/mol. The van der Waals surface area contributed by atoms with Gasteiger partial charge in [0.1, 0.15) is 12.2 Å². The Morgan fingerprint density at radius 3 is 2.72 bits per heavy atom. The lowest BCUT2D eigenvalue weighted by molar-refractivity contribution is 0.173. The molecule has 18 heavy (non-hydrogen) atoms. The van der Waals surface area contributed by atoms with Gasteiger partial charge in [0.05, 0.1) is 6.54 Å². The van der Waals surface area contributed by atoms with Crippen molar-refractivity contribution in [2.24, 2.45) is 17.6 Å². The van der Waals surface area contributed by atoms with Gasteiger partial charge in [-0.1, -0.05) is 13.8 Å². The van der Waals surface area contributed by atoms with Gasteiger partial charge in [-0.3, -0.25) is 4.90 Å². The Bertz CT molecular complexity index is 352. The van der Waals surface area contributed by atoms with E-state index in [1.807, 2.05) is 4.68 Å². The predicted molar refractivity (Wildman–Crippen MR) is 71.9 cm³/mol. The van der Waals surface area contributed by atoms with E-state index in [-0.39, 0.29) is 0 Å². The summed E-state index contributed by atoms with van der Waals surface area (Å²) in [4.78, 5) is 6.85. The second kappa shape index (κ2) is 6.29. The second-order valence-corrected chi connectivity index (χ2v) is 5.71. The van der Waals surface area contributed by atoms with Gasteiger partial charge in [0.2, 0.25) is 0 Å². The maximum Gasteiger partial charge on any atom is 0.141 e. The molecular formula is C13H25N5. The summed E-state index contributed by atoms with van der Waals surface area (Å²) in [5.74, 6) is 2.41. The lowest BCUT2D eigenvalue weighted by Crippen LogP contribution is -2.36. The molecule has 0 unspecified atom stereocenters. The maximum absolute atomic E-state index is 5.72. The first-order chi connectivity index (χ1) is 8.69. The van der Waals surface area contributed by atoms with Crippen molar-refractivity contribution in [3.05, 3.63) is 12.2 Å². The Labute approximate surface area is 109 Å². The Morgan fingerprint density at radius 2 is 2.11 bits per heavy atom. The minimum Gasteiger partial charge on any atom is -0.330 e. The molecule has 1 fully saturated rings. The summed E-state index contributed by atoms with van der Waals surface area (Å²) in [6.45, 7) is 9.39. The molecule has 1 saturated heterocycles. The molecule has 0 radical (unpaired) electrons. The number of nitrogens with zero attached hydrogens (tertiary/aromatic N) is 4. The van der Waals surface area contributed by atoms with E-state index >= 15 is 0 Å². The summed E-state index contributed by atoms with van der Waals surface area (Å²) in [5, 5.41) is 4.31. The van der Waals surface area contributed by atoms with Crippen molar-refractivity contribution >= 4 is 0 Å². The van der Waals surface area contributed by atoms with Crippen molar-refractivity contribution in [2.45, 2.75) is 39.8 Å². The van der Waals surface area contributed by atoms with E-state index < -0.39 is 0 Å². The molecule has 0 atom stereocenters. The van der Waals surface area contributed by atoms with Gasteiger partial charge in [0, 0.05) is 6.54 Å². The molecule has 0 spiro atoms. The van der Waals surface area contributed by atoms with Crippen LogP contribution in [-0.4, -0.2) is 39.3 Å². The predicted octanol–water partition coefficient (Wildman–Crippen LogP) is 1.10. The molecule has 1 aliphatic rings. The van der Waals surface area contributed by atoms with E-state index in [2.05, 4.69) is 28.8 Å². The van der Waals surface area contributed by atoms with Gasteiger partial charge in [-0.2, -0.15) is 5.10 Å². The van der Waals surface area contributed by atoms with E-state index in [4.69, 9.17) is 5.73 Å². The van der Waals surface area contributed by atoms with E-state index in [1.165, 1.54) is 12.8 Å². The fraction of sp³-hybridized carbons (Fsp3) is 0.846. The van der Waals surface area contributed by atoms with Crippen LogP contribution in [0.25, 0.3) is 0 Å². The normalized spacial score (nSPS) is 18.7. The van der Waals surface area contributed by atoms with Crippen LogP contribution in [0.15, 0.2) is 6.33 Å². The molecule has 5 heteroatoms. The first-order valence-electron chi connectivity index (χ1n) is 6.98. The summed E-state index contributed by atoms with van der Waals surface area (Å²) in [6, 6.07) is 0. The molecule has 0 aliphatic carbocycles. The van der Waals surface area contributed by atoms with Crippen molar-refractivity contribution in [1.29, 1.82) is 0 Å². The van der Waals surface area contributed by atoms with Crippen molar-refractivity contribution in [3.63, 3.8) is 0 Å². The fourth-order valence-electron chi connectivity index (χ4n) is 2.49. The molecule has 0 saturated carbocycles. The lowest BCUT2D eigenvalue weighted by atomic mass is 9.97. The van der Waals surface area contributed by atoms with Crippen molar-refractivity contribution < 1.29 is 0 Å². The number of nitrogens with two attached hydrogens (primary N) is 1. The molecule has 0 amide bonds. The number of hydrogen-bond acceptors (Lipinski definition) is 4. The molecule has 1 aromatic rings. The van der Waals surface area contributed by atoms with Crippen LogP contribution in [0.2, 0.25) is 0 Å². The van der Waals surface area contributed by atoms with Gasteiger partial charge >= 0.3 is 0 Å². The third-order valence-corrected chi connectivity index (χ3v) is 3.64. The molecule has 2 N–H and O–H groups in total. The third kappa shape index (κ3) is 3.53. The van der Waals surface area contributed by atoms with Gasteiger partial charge < -0.3 is 5.73 Å². The van der Waals surface area contributed by atoms with Crippen LogP contribution in [0, 0.1) is 11.8 Å². The molecular weight excluding hydrogens is 226 g/mol. The molecule has 1 aliphatic heterocycles. The largest absolute Gasteiger partial charge is 0.330 e. The Hall–Kier alpha value is -0.940. The summed E-state index contributed by atoms with van der Waals surface area (Å²) in [6.07, 6.45) is 4.11. The van der Waals surface area contributed by atoms with Crippen molar-refractivity contribution in [2.75, 3.05) is 19.6 Å². The monoisotopic (exact) mass is 251 g/mol. The summed E-state index contributed by atoms with van der Waals surface area (Å²) in [5.41, 5.74) is 5.72. The first kappa shape index (κ1) is 13.5. The Balaban J connectivity index is 1.88. The fourth-order valence-corrected chi connectivity index (χ4v) is 2.49. The van der Waals surface area contributed by atoms with Gasteiger partial charge in [-0.05, 0) is 44.3 Å². The topological polar surface area (TPSA) is 60.0 Å². The van der Waals surface area contributed by atoms with Crippen molar-refractivity contribution in [3.8, 4) is 0 Å². The quantitative estimate of drug-likeness (QED) is 0.851. The van der Waals surface area contributed by atoms with Gasteiger partial charge in [-0.25, -0.2) is 9.67 Å². The van der Waals surface area contributed by atoms with Gasteiger partial charge in [0.15, 0.2) is 0 Å². The number of piperidine rings is 1. The minimum absolute atomic E-state index is 0.605. The smallest absolute Gasteiger partial charge is 0.141 e. The number of aromatic nitrogens is 3. The Kier molecular flexibility index (Phi) is 4.72. The van der Waals surface area contributed by atoms with Crippen molar-refractivity contribution in [1.82, 2.24) is 19.7 Å². The highest BCUT2D eigenvalue weighted by Gasteiger charge is 2.19. The van der Waals surface area contributed by atoms with Crippen LogP contribution in [0.3, 0.4) is 0 Å². The highest BCUT2D eigenvalue weighted by Crippen LogP contribution is 2.17. The highest BCUT2D eigenvalue weighted by molar-refractivity contribution is 4.86. The van der Waals surface area contributed by atoms with Crippen LogP contribution in [0.1, 0.15) is 32.5 Å². The first-order valence-corrected chi connectivity index (χ1v) is 6.98. The standard InChI is InChI=1S/C13H25N5/c1-11(2)8-18-13(15-10-16-18)9-17-5-3-12(7-14)4-6-17/h10-12H,3-9,14H2,1-2H3. The molecule has 1 aromatic heterocycles. The van der Waals surface area contributed by atoms with E-state index in [0.717, 1.165) is 44.5 Å². The summed E-state index contributed by atoms with van der Waals surface area (Å²) in [7, 11) is 0. The second-order valence-electron chi connectivity index (χ2n) is 5.71. The van der Waals surface area contributed by atoms with E-state index in [9.17, 15) is 0 Å². The van der Waals surface area contributed by atoms with E-state index in [0.29, 0.717) is 5.92 Å². The van der Waals surface area contributed by atoms with Crippen LogP contribution in [-0.2, 0) is 13.1 Å². The SMILES string of the molecule is CC(C)Cn1ncnc1CN1CCC(CN)CC1. The average Bonchev–Trinajstić information content (AvgIpc) is 2.77. The molecule has 0 bridgehead atoms. The zero-order chi connectivity index (χ0) is 13.0. The zero-order valence-corrected chi connectivity index (χ0v) is 11.5. The highest BCUT2D eigenvalue weighted by atomic mass is 15.3. The van der Waals surface area contributed by atoms with Crippen LogP contribution >= 0.6 is 0 Å². The van der Waals surface area contributed by atoms with Crippen LogP contribution in [0.5, 0.6) is 0 Å². The number of hydrogen-bond donors (Lipinski definition) is 1. The summed E-state index contributed by atoms with van der Waals surface area (Å²) < 4.78 is 2.04. The molecule has 102 valence electrons. The minimum atomic E-state index is 0.605. The lowest BCUT2D eigenvalue weighted by Gasteiger charge is -2.30. The molecule has 5 nitrogen and oxygen atoms in total. The van der Waals surface area contributed by atoms with E-state index in [1.54, 1.807) is 6.33 Å². The summed E-state index contributed by atoms with van der Waals surface area (Å²) >= 11 is 0. The van der Waals surface area contributed by atoms with Crippen LogP contribution in [0.4, 0.5) is 0 Å². The number of rotatable bonds is 5. The molecule has 2 rings (SSSR count). The molecule has 0 aromatic carbocycles. The molecule has 2 heterocycles. The zero-order valence-electron chi connectivity index (χ0n) is 11.5. The maximum atomic E-state index is 5.72. The Morgan fingerprint density at radius 1 is 1.39 bits per heavy atom. The van der Waals surface area contributed by atoms with Gasteiger partial charge in [0.25, 0.3) is 0 Å².